The van der Waals surface area contributed by atoms with Gasteiger partial charge in [-0.15, -0.1) is 0 Å². The molecule has 0 aliphatic carbocycles. The van der Waals surface area contributed by atoms with Gasteiger partial charge in [-0.2, -0.15) is 0 Å². The fraction of sp³-hybridized carbons (Fsp3) is 0. The van der Waals surface area contributed by atoms with E-state index >= 15 is 0 Å². The number of fused-ring (bicyclic) bond motifs is 3. The first kappa shape index (κ1) is 40.5. The number of benzene rings is 11. The summed E-state index contributed by atoms with van der Waals surface area (Å²) < 4.78 is 2.43. The second-order valence-corrected chi connectivity index (χ2v) is 17.4. The van der Waals surface area contributed by atoms with Gasteiger partial charge in [-0.05, 0) is 140 Å². The Hall–Kier alpha value is -8.98. The van der Waals surface area contributed by atoms with Gasteiger partial charge >= 0.3 is 0 Å². The molecule has 1 heterocycles. The highest BCUT2D eigenvalue weighted by Gasteiger charge is 2.18. The van der Waals surface area contributed by atoms with Crippen LogP contribution < -0.4 is 4.90 Å². The highest BCUT2D eigenvalue weighted by molar-refractivity contribution is 6.11. The molecule has 0 aliphatic rings. The first-order valence-electron chi connectivity index (χ1n) is 23.3. The molecule has 0 unspecified atom stereocenters. The van der Waals surface area contributed by atoms with E-state index in [2.05, 4.69) is 289 Å². The number of hydrogen-bond donors (Lipinski definition) is 0. The maximum Gasteiger partial charge on any atom is 0.0541 e. The average molecular weight is 867 g/mol. The van der Waals surface area contributed by atoms with Crippen LogP contribution in [0.1, 0.15) is 0 Å². The lowest BCUT2D eigenvalue weighted by atomic mass is 9.99. The van der Waals surface area contributed by atoms with Crippen LogP contribution in [0, 0.1) is 0 Å². The smallest absolute Gasteiger partial charge is 0.0541 e. The molecule has 0 saturated heterocycles. The van der Waals surface area contributed by atoms with Gasteiger partial charge in [0.25, 0.3) is 0 Å². The van der Waals surface area contributed by atoms with Gasteiger partial charge in [-0.25, -0.2) is 0 Å². The summed E-state index contributed by atoms with van der Waals surface area (Å²) in [6, 6.07) is 101. The van der Waals surface area contributed by atoms with Crippen LogP contribution in [0.5, 0.6) is 0 Å². The van der Waals surface area contributed by atoms with Gasteiger partial charge in [0.2, 0.25) is 0 Å². The average Bonchev–Trinajstić information content (AvgIpc) is 3.75. The summed E-state index contributed by atoms with van der Waals surface area (Å²) in [6.07, 6.45) is 0. The van der Waals surface area contributed by atoms with Crippen molar-refractivity contribution < 1.29 is 0 Å². The van der Waals surface area contributed by atoms with Crippen LogP contribution in [0.2, 0.25) is 0 Å². The van der Waals surface area contributed by atoms with E-state index in [0.717, 1.165) is 33.9 Å². The first-order chi connectivity index (χ1) is 33.7. The van der Waals surface area contributed by atoms with E-state index in [0.29, 0.717) is 0 Å². The molecule has 0 fully saturated rings. The quantitative estimate of drug-likeness (QED) is 0.133. The van der Waals surface area contributed by atoms with Crippen molar-refractivity contribution in [3.05, 3.63) is 279 Å². The Labute approximate surface area is 397 Å². The van der Waals surface area contributed by atoms with Gasteiger partial charge in [0.15, 0.2) is 0 Å². The van der Waals surface area contributed by atoms with Gasteiger partial charge < -0.3 is 9.47 Å². The Balaban J connectivity index is 0.934. The van der Waals surface area contributed by atoms with Gasteiger partial charge in [0.1, 0.15) is 0 Å². The summed E-state index contributed by atoms with van der Waals surface area (Å²) in [4.78, 5) is 2.37. The van der Waals surface area contributed by atoms with Crippen LogP contribution in [-0.4, -0.2) is 4.57 Å². The lowest BCUT2D eigenvalue weighted by Crippen LogP contribution is -2.10. The van der Waals surface area contributed by atoms with E-state index in [1.165, 1.54) is 77.4 Å². The van der Waals surface area contributed by atoms with Crippen LogP contribution in [-0.2, 0) is 0 Å². The van der Waals surface area contributed by atoms with Crippen LogP contribution in [0.25, 0.3) is 94.3 Å². The van der Waals surface area contributed by atoms with E-state index in [4.69, 9.17) is 0 Å². The van der Waals surface area contributed by atoms with E-state index in [1.54, 1.807) is 0 Å². The predicted molar refractivity (Wildman–Crippen MR) is 288 cm³/mol. The third-order valence-corrected chi connectivity index (χ3v) is 13.2. The third kappa shape index (κ3) is 7.85. The predicted octanol–water partition coefficient (Wildman–Crippen LogP) is 18.3. The molecule has 0 spiro atoms. The van der Waals surface area contributed by atoms with Crippen LogP contribution in [0.15, 0.2) is 279 Å². The Morgan fingerprint density at radius 2 is 0.515 bits per heavy atom. The largest absolute Gasteiger partial charge is 0.310 e. The molecule has 1 aromatic heterocycles. The zero-order chi connectivity index (χ0) is 45.2. The summed E-state index contributed by atoms with van der Waals surface area (Å²) in [5.74, 6) is 0. The maximum atomic E-state index is 2.43. The van der Waals surface area contributed by atoms with Gasteiger partial charge in [-0.3, -0.25) is 0 Å². The molecule has 68 heavy (non-hydrogen) atoms. The van der Waals surface area contributed by atoms with E-state index in [1.807, 2.05) is 0 Å². The third-order valence-electron chi connectivity index (χ3n) is 13.2. The first-order valence-corrected chi connectivity index (χ1v) is 23.3. The van der Waals surface area contributed by atoms with Gasteiger partial charge in [0, 0.05) is 33.5 Å². The normalized spacial score (nSPS) is 11.2. The lowest BCUT2D eigenvalue weighted by molar-refractivity contribution is 1.18. The van der Waals surface area contributed by atoms with Crippen molar-refractivity contribution in [1.82, 2.24) is 4.57 Å². The fourth-order valence-electron chi connectivity index (χ4n) is 9.74. The molecular weight excluding hydrogens is 821 g/mol. The van der Waals surface area contributed by atoms with Crippen LogP contribution >= 0.6 is 0 Å². The summed E-state index contributed by atoms with van der Waals surface area (Å²) >= 11 is 0. The van der Waals surface area contributed by atoms with Crippen molar-refractivity contribution in [1.29, 1.82) is 0 Å². The molecule has 2 nitrogen and oxygen atoms in total. The van der Waals surface area contributed by atoms with Crippen molar-refractivity contribution in [2.75, 3.05) is 4.90 Å². The molecule has 320 valence electrons. The Morgan fingerprint density at radius 3 is 0.941 bits per heavy atom. The molecule has 12 rings (SSSR count). The Bertz CT molecular complexity index is 3570. The number of aromatic nitrogens is 1. The SMILES string of the molecule is c1ccc(-c2ccc(-c3ccc(N(c4ccc(-c5ccccc5)cc4)c4cccc(-c5cccc(-n6c7ccc(-c8ccccc8)cc7c7cc(-c8ccccc8)ccc76)c5)c4)cc3)cc2)cc1. The molecule has 0 N–H and O–H groups in total. The van der Waals surface area contributed by atoms with Gasteiger partial charge in [0.05, 0.1) is 11.0 Å². The molecule has 11 aromatic carbocycles. The number of anilines is 3. The van der Waals surface area contributed by atoms with Crippen molar-refractivity contribution in [3.63, 3.8) is 0 Å². The second-order valence-electron chi connectivity index (χ2n) is 17.4. The molecule has 0 amide bonds. The second kappa shape index (κ2) is 17.8. The fourth-order valence-corrected chi connectivity index (χ4v) is 9.74. The minimum atomic E-state index is 1.08. The number of rotatable bonds is 10. The summed E-state index contributed by atoms with van der Waals surface area (Å²) in [6.45, 7) is 0. The standard InChI is InChI=1S/C66H46N2/c1-5-15-47(16-6-1)51-27-29-52(30-28-51)54-33-39-60(40-34-54)67(59-37-31-53(32-38-59)48-17-7-2-8-18-48)61-25-13-23-55(43-61)56-24-14-26-62(44-56)68-65-41-35-57(49-19-9-3-10-20-49)45-63(65)64-46-58(36-42-66(64)68)50-21-11-4-12-22-50/h1-46H. The minimum absolute atomic E-state index is 1.08. The molecule has 12 aromatic rings. The van der Waals surface area contributed by atoms with Crippen molar-refractivity contribution in [2.45, 2.75) is 0 Å². The molecule has 0 saturated carbocycles. The molecule has 0 bridgehead atoms. The van der Waals surface area contributed by atoms with Crippen molar-refractivity contribution >= 4 is 38.9 Å². The Morgan fingerprint density at radius 1 is 0.206 bits per heavy atom. The summed E-state index contributed by atoms with van der Waals surface area (Å²) in [5.41, 5.74) is 21.0. The topological polar surface area (TPSA) is 8.17 Å². The van der Waals surface area contributed by atoms with E-state index in [9.17, 15) is 0 Å². The molecule has 2 heteroatoms. The van der Waals surface area contributed by atoms with E-state index in [-0.39, 0.29) is 0 Å². The van der Waals surface area contributed by atoms with E-state index < -0.39 is 0 Å². The monoisotopic (exact) mass is 866 g/mol. The zero-order valence-electron chi connectivity index (χ0n) is 37.5. The Kier molecular flexibility index (Phi) is 10.6. The van der Waals surface area contributed by atoms with Crippen LogP contribution in [0.4, 0.5) is 17.1 Å². The molecular formula is C66H46N2. The number of hydrogen-bond acceptors (Lipinski definition) is 1. The lowest BCUT2D eigenvalue weighted by Gasteiger charge is -2.26. The highest BCUT2D eigenvalue weighted by Crippen LogP contribution is 2.41. The maximum absolute atomic E-state index is 2.43. The molecule has 0 aliphatic heterocycles. The van der Waals surface area contributed by atoms with Crippen molar-refractivity contribution in [2.24, 2.45) is 0 Å². The number of nitrogens with zero attached hydrogens (tertiary/aromatic N) is 2. The summed E-state index contributed by atoms with van der Waals surface area (Å²) in [5, 5.41) is 2.46. The highest BCUT2D eigenvalue weighted by atomic mass is 15.1. The van der Waals surface area contributed by atoms with Crippen molar-refractivity contribution in [3.8, 4) is 72.4 Å². The summed E-state index contributed by atoms with van der Waals surface area (Å²) in [7, 11) is 0. The van der Waals surface area contributed by atoms with Crippen LogP contribution in [0.3, 0.4) is 0 Å². The molecule has 0 atom stereocenters. The zero-order valence-corrected chi connectivity index (χ0v) is 37.5. The minimum Gasteiger partial charge on any atom is -0.310 e. The molecule has 0 radical (unpaired) electrons. The van der Waals surface area contributed by atoms with Gasteiger partial charge in [-0.1, -0.05) is 206 Å².